The second-order valence-corrected chi connectivity index (χ2v) is 11.2. The van der Waals surface area contributed by atoms with E-state index in [2.05, 4.69) is 109 Å². The van der Waals surface area contributed by atoms with Crippen molar-refractivity contribution in [2.45, 2.75) is 20.8 Å². The zero-order valence-electron chi connectivity index (χ0n) is 25.2. The summed E-state index contributed by atoms with van der Waals surface area (Å²) >= 11 is 0. The Hall–Kier alpha value is -4.67. The van der Waals surface area contributed by atoms with Gasteiger partial charge in [-0.15, -0.1) is 35.7 Å². The maximum absolute atomic E-state index is 6.33. The third-order valence-electron chi connectivity index (χ3n) is 7.81. The standard InChI is InChI=1S/C37H31N5O.Pt/c1-24-15-16-38-36(17-24)42-34-12-7-6-11-32(34)33-14-13-31(21-35(33)42)43-30-10-8-9-28(20-30)41-23-27(22-39-41)37-25(2)18-29(40(4)5)19-26(37)3;/h6-19,22-23H,1-5H3;/q-2;+2. The predicted molar refractivity (Wildman–Crippen MR) is 174 cm³/mol. The Morgan fingerprint density at radius 1 is 0.795 bits per heavy atom. The minimum atomic E-state index is 0. The van der Waals surface area contributed by atoms with Gasteiger partial charge in [0.15, 0.2) is 0 Å². The van der Waals surface area contributed by atoms with E-state index in [1.807, 2.05) is 59.7 Å². The molecule has 0 atom stereocenters. The summed E-state index contributed by atoms with van der Waals surface area (Å²) < 4.78 is 10.3. The zero-order valence-corrected chi connectivity index (χ0v) is 27.5. The van der Waals surface area contributed by atoms with Gasteiger partial charge >= 0.3 is 21.1 Å². The van der Waals surface area contributed by atoms with Crippen LogP contribution in [0.15, 0.2) is 97.5 Å². The fraction of sp³-hybridized carbons (Fsp3) is 0.135. The summed E-state index contributed by atoms with van der Waals surface area (Å²) in [6, 6.07) is 33.6. The third-order valence-corrected chi connectivity index (χ3v) is 7.81. The first-order chi connectivity index (χ1) is 20.9. The maximum atomic E-state index is 6.33. The molecular formula is C37H31N5OPt. The number of rotatable bonds is 6. The Morgan fingerprint density at radius 3 is 2.34 bits per heavy atom. The summed E-state index contributed by atoms with van der Waals surface area (Å²) in [5, 5.41) is 6.91. The van der Waals surface area contributed by atoms with E-state index in [0.717, 1.165) is 44.4 Å². The Labute approximate surface area is 271 Å². The van der Waals surface area contributed by atoms with Crippen LogP contribution in [0.5, 0.6) is 11.5 Å². The summed E-state index contributed by atoms with van der Waals surface area (Å²) in [5.41, 5.74) is 9.82. The van der Waals surface area contributed by atoms with Crippen LogP contribution in [-0.4, -0.2) is 33.4 Å². The number of nitrogens with zero attached hydrogens (tertiary/aromatic N) is 5. The van der Waals surface area contributed by atoms with E-state index >= 15 is 0 Å². The molecule has 0 N–H and O–H groups in total. The van der Waals surface area contributed by atoms with E-state index in [1.54, 1.807) is 0 Å². The number of pyridine rings is 1. The number of aromatic nitrogens is 4. The van der Waals surface area contributed by atoms with Crippen LogP contribution < -0.4 is 9.64 Å². The predicted octanol–water partition coefficient (Wildman–Crippen LogP) is 8.41. The van der Waals surface area contributed by atoms with Crippen molar-refractivity contribution in [3.8, 4) is 34.1 Å². The first kappa shape index (κ1) is 29.4. The van der Waals surface area contributed by atoms with E-state index in [4.69, 9.17) is 4.74 Å². The average molecular weight is 757 g/mol. The van der Waals surface area contributed by atoms with E-state index in [1.165, 1.54) is 22.4 Å². The van der Waals surface area contributed by atoms with Crippen LogP contribution in [0.25, 0.3) is 44.4 Å². The molecule has 0 fully saturated rings. The molecule has 0 saturated carbocycles. The molecule has 0 unspecified atom stereocenters. The van der Waals surface area contributed by atoms with Crippen LogP contribution in [0, 0.1) is 32.9 Å². The quantitative estimate of drug-likeness (QED) is 0.160. The van der Waals surface area contributed by atoms with Gasteiger partial charge in [-0.3, -0.25) is 4.68 Å². The summed E-state index contributed by atoms with van der Waals surface area (Å²) in [6.07, 6.45) is 5.80. The summed E-state index contributed by atoms with van der Waals surface area (Å²) in [7, 11) is 4.13. The van der Waals surface area contributed by atoms with Gasteiger partial charge in [0.2, 0.25) is 0 Å². The molecule has 44 heavy (non-hydrogen) atoms. The molecule has 220 valence electrons. The number of aryl methyl sites for hydroxylation is 3. The molecule has 0 amide bonds. The Bertz CT molecular complexity index is 2120. The molecule has 6 nitrogen and oxygen atoms in total. The van der Waals surface area contributed by atoms with Crippen LogP contribution >= 0.6 is 0 Å². The molecule has 0 aliphatic rings. The topological polar surface area (TPSA) is 48.1 Å². The van der Waals surface area contributed by atoms with E-state index in [0.29, 0.717) is 11.5 Å². The number of hydrogen-bond donors (Lipinski definition) is 0. The van der Waals surface area contributed by atoms with Crippen molar-refractivity contribution in [1.82, 2.24) is 19.3 Å². The van der Waals surface area contributed by atoms with Crippen molar-refractivity contribution >= 4 is 27.5 Å². The minimum absolute atomic E-state index is 0. The summed E-state index contributed by atoms with van der Waals surface area (Å²) in [6.45, 7) is 6.37. The number of fused-ring (bicyclic) bond motifs is 3. The van der Waals surface area contributed by atoms with Crippen LogP contribution in [0.1, 0.15) is 16.7 Å². The number of ether oxygens (including phenoxy) is 1. The van der Waals surface area contributed by atoms with Crippen LogP contribution in [-0.2, 0) is 21.1 Å². The summed E-state index contributed by atoms with van der Waals surface area (Å²) in [5.74, 6) is 2.04. The number of anilines is 1. The first-order valence-electron chi connectivity index (χ1n) is 14.3. The smallest absolute Gasteiger partial charge is 0.509 e. The molecule has 3 heterocycles. The molecule has 7 rings (SSSR count). The molecule has 7 aromatic rings. The van der Waals surface area contributed by atoms with Gasteiger partial charge in [-0.05, 0) is 84.4 Å². The van der Waals surface area contributed by atoms with Crippen LogP contribution in [0.4, 0.5) is 5.69 Å². The van der Waals surface area contributed by atoms with Gasteiger partial charge < -0.3 is 14.2 Å². The fourth-order valence-electron chi connectivity index (χ4n) is 5.80. The number of hydrogen-bond acceptors (Lipinski definition) is 4. The van der Waals surface area contributed by atoms with Crippen LogP contribution in [0.3, 0.4) is 0 Å². The van der Waals surface area contributed by atoms with Crippen molar-refractivity contribution in [3.05, 3.63) is 126 Å². The third kappa shape index (κ3) is 5.31. The molecule has 4 aromatic carbocycles. The second kappa shape index (κ2) is 11.8. The fourth-order valence-corrected chi connectivity index (χ4v) is 5.80. The maximum Gasteiger partial charge on any atom is 2.00 e. The monoisotopic (exact) mass is 756 g/mol. The molecule has 0 saturated heterocycles. The van der Waals surface area contributed by atoms with Gasteiger partial charge in [-0.2, -0.15) is 17.2 Å². The minimum Gasteiger partial charge on any atom is -0.509 e. The van der Waals surface area contributed by atoms with Gasteiger partial charge in [-0.25, -0.2) is 4.98 Å². The van der Waals surface area contributed by atoms with Crippen molar-refractivity contribution in [2.75, 3.05) is 19.0 Å². The van der Waals surface area contributed by atoms with E-state index < -0.39 is 0 Å². The van der Waals surface area contributed by atoms with Crippen molar-refractivity contribution in [1.29, 1.82) is 0 Å². The second-order valence-electron chi connectivity index (χ2n) is 11.2. The van der Waals surface area contributed by atoms with E-state index in [-0.39, 0.29) is 21.1 Å². The molecular weight excluding hydrogens is 726 g/mol. The zero-order chi connectivity index (χ0) is 29.7. The van der Waals surface area contributed by atoms with Crippen molar-refractivity contribution in [3.63, 3.8) is 0 Å². The van der Waals surface area contributed by atoms with Gasteiger partial charge in [0.1, 0.15) is 5.82 Å². The number of benzene rings is 4. The summed E-state index contributed by atoms with van der Waals surface area (Å²) in [4.78, 5) is 6.80. The molecule has 0 aliphatic carbocycles. The largest absolute Gasteiger partial charge is 2.00 e. The van der Waals surface area contributed by atoms with Crippen molar-refractivity contribution < 1.29 is 25.8 Å². The SMILES string of the molecule is Cc1ccnc(-n2c3[c-]c(Oc4[c-]c(-n5cc(-c6c(C)cc(N(C)C)cc6C)cn5)ccc4)ccc3c3ccccc32)c1.[Pt+2]. The molecule has 0 spiro atoms. The van der Waals surface area contributed by atoms with E-state index in [9.17, 15) is 0 Å². The first-order valence-corrected chi connectivity index (χ1v) is 14.3. The Kier molecular flexibility index (Phi) is 7.87. The molecule has 0 bridgehead atoms. The normalized spacial score (nSPS) is 11.1. The van der Waals surface area contributed by atoms with Crippen LogP contribution in [0.2, 0.25) is 0 Å². The Balaban J connectivity index is 0.00000343. The Morgan fingerprint density at radius 2 is 1.57 bits per heavy atom. The average Bonchev–Trinajstić information content (AvgIpc) is 3.60. The van der Waals surface area contributed by atoms with Crippen molar-refractivity contribution in [2.24, 2.45) is 0 Å². The molecule has 0 aliphatic heterocycles. The van der Waals surface area contributed by atoms with Gasteiger partial charge in [0.25, 0.3) is 0 Å². The molecule has 7 heteroatoms. The van der Waals surface area contributed by atoms with Gasteiger partial charge in [0.05, 0.1) is 6.20 Å². The number of para-hydroxylation sites is 1. The van der Waals surface area contributed by atoms with Gasteiger partial charge in [-0.1, -0.05) is 23.7 Å². The van der Waals surface area contributed by atoms with Gasteiger partial charge in [0, 0.05) is 54.8 Å². The molecule has 3 aromatic heterocycles. The molecule has 0 radical (unpaired) electrons.